The lowest BCUT2D eigenvalue weighted by Gasteiger charge is -2.21. The van der Waals surface area contributed by atoms with E-state index in [1.807, 2.05) is 13.8 Å². The fraction of sp³-hybridized carbons (Fsp3) is 0.292. The van der Waals surface area contributed by atoms with Crippen molar-refractivity contribution in [3.63, 3.8) is 0 Å². The third kappa shape index (κ3) is 5.76. The number of hydrogen-bond donors (Lipinski definition) is 4. The van der Waals surface area contributed by atoms with Gasteiger partial charge >= 0.3 is 0 Å². The smallest absolute Gasteiger partial charge is 0.252 e. The van der Waals surface area contributed by atoms with Crippen molar-refractivity contribution in [3.05, 3.63) is 59.8 Å². The Labute approximate surface area is 196 Å². The van der Waals surface area contributed by atoms with Crippen molar-refractivity contribution >= 4 is 23.2 Å². The number of carbonyl (C=O) groups excluding carboxylic acids is 1. The van der Waals surface area contributed by atoms with Gasteiger partial charge in [-0.1, -0.05) is 19.9 Å². The number of nitrogens with two attached hydrogens (primary N) is 2. The van der Waals surface area contributed by atoms with Gasteiger partial charge in [0.25, 0.3) is 5.91 Å². The number of halogens is 2. The molecule has 0 saturated heterocycles. The Morgan fingerprint density at radius 1 is 1.18 bits per heavy atom. The standard InChI is InChI=1S/C24H28F2N6O2/c1-13(2)9-15(12-27)31-24-18(25)11-17(22(28)33)23(32-24)30-14-7-8-29-19(10-14)16-5-4-6-20(34-3)21(16)26/h4-8,10-11,13,15H,9,12,27H2,1-3H3,(H2,28,33)(H2,29,30,31,32)/t15-/m1/s1. The van der Waals surface area contributed by atoms with Crippen molar-refractivity contribution in [1.82, 2.24) is 9.97 Å². The normalized spacial score (nSPS) is 11.9. The van der Waals surface area contributed by atoms with E-state index < -0.39 is 17.5 Å². The molecule has 0 unspecified atom stereocenters. The van der Waals surface area contributed by atoms with Gasteiger partial charge in [-0.2, -0.15) is 0 Å². The van der Waals surface area contributed by atoms with Gasteiger partial charge in [0, 0.05) is 30.0 Å². The summed E-state index contributed by atoms with van der Waals surface area (Å²) >= 11 is 0. The average Bonchev–Trinajstić information content (AvgIpc) is 2.80. The van der Waals surface area contributed by atoms with Gasteiger partial charge in [0.2, 0.25) is 0 Å². The molecule has 2 heterocycles. The van der Waals surface area contributed by atoms with Gasteiger partial charge in [0.05, 0.1) is 18.4 Å². The van der Waals surface area contributed by atoms with E-state index in [4.69, 9.17) is 16.2 Å². The van der Waals surface area contributed by atoms with Crippen LogP contribution >= 0.6 is 0 Å². The summed E-state index contributed by atoms with van der Waals surface area (Å²) in [6, 6.07) is 8.71. The van der Waals surface area contributed by atoms with Crippen LogP contribution in [-0.2, 0) is 0 Å². The number of hydrogen-bond acceptors (Lipinski definition) is 7. The second kappa shape index (κ2) is 10.9. The number of ether oxygens (including phenoxy) is 1. The molecule has 1 aromatic carbocycles. The molecule has 0 bridgehead atoms. The number of methoxy groups -OCH3 is 1. The van der Waals surface area contributed by atoms with Crippen molar-refractivity contribution < 1.29 is 18.3 Å². The fourth-order valence-corrected chi connectivity index (χ4v) is 3.51. The minimum atomic E-state index is -0.855. The lowest BCUT2D eigenvalue weighted by Crippen LogP contribution is -2.31. The van der Waals surface area contributed by atoms with Crippen molar-refractivity contribution in [1.29, 1.82) is 0 Å². The summed E-state index contributed by atoms with van der Waals surface area (Å²) in [7, 11) is 1.38. The number of amides is 1. The molecule has 1 atom stereocenters. The SMILES string of the molecule is COc1cccc(-c2cc(Nc3nc(N[C@@H](CN)CC(C)C)c(F)cc3C(N)=O)ccn2)c1F. The highest BCUT2D eigenvalue weighted by molar-refractivity contribution is 5.98. The number of pyridine rings is 2. The molecule has 3 aromatic rings. The molecule has 0 fully saturated rings. The van der Waals surface area contributed by atoms with Gasteiger partial charge in [0.1, 0.15) is 5.82 Å². The lowest BCUT2D eigenvalue weighted by atomic mass is 10.0. The molecule has 0 aliphatic heterocycles. The molecule has 34 heavy (non-hydrogen) atoms. The van der Waals surface area contributed by atoms with Crippen LogP contribution in [0.1, 0.15) is 30.6 Å². The molecule has 0 radical (unpaired) electrons. The lowest BCUT2D eigenvalue weighted by molar-refractivity contribution is 0.100. The quantitative estimate of drug-likeness (QED) is 0.352. The Kier molecular flexibility index (Phi) is 7.95. The Hall–Kier alpha value is -3.79. The largest absolute Gasteiger partial charge is 0.494 e. The van der Waals surface area contributed by atoms with Gasteiger partial charge in [0.15, 0.2) is 23.2 Å². The summed E-state index contributed by atoms with van der Waals surface area (Å²) in [5, 5.41) is 5.97. The maximum atomic E-state index is 14.7. The van der Waals surface area contributed by atoms with Crippen LogP contribution in [0.2, 0.25) is 0 Å². The number of carbonyl (C=O) groups is 1. The molecule has 8 nitrogen and oxygen atoms in total. The van der Waals surface area contributed by atoms with E-state index in [0.29, 0.717) is 23.7 Å². The number of primary amides is 1. The molecule has 0 spiro atoms. The van der Waals surface area contributed by atoms with E-state index in [0.717, 1.165) is 6.07 Å². The van der Waals surface area contributed by atoms with Crippen molar-refractivity contribution in [2.24, 2.45) is 17.4 Å². The van der Waals surface area contributed by atoms with Gasteiger partial charge in [-0.25, -0.2) is 13.8 Å². The Morgan fingerprint density at radius 2 is 1.94 bits per heavy atom. The van der Waals surface area contributed by atoms with Crippen LogP contribution in [0, 0.1) is 17.6 Å². The first-order valence-electron chi connectivity index (χ1n) is 10.8. The number of nitrogens with one attached hydrogen (secondary N) is 2. The number of nitrogens with zero attached hydrogens (tertiary/aromatic N) is 2. The van der Waals surface area contributed by atoms with E-state index in [1.54, 1.807) is 24.3 Å². The predicted octanol–water partition coefficient (Wildman–Crippen LogP) is 4.06. The molecule has 1 amide bonds. The average molecular weight is 471 g/mol. The maximum absolute atomic E-state index is 14.7. The van der Waals surface area contributed by atoms with E-state index >= 15 is 0 Å². The summed E-state index contributed by atoms with van der Waals surface area (Å²) in [6.07, 6.45) is 2.17. The highest BCUT2D eigenvalue weighted by Gasteiger charge is 2.19. The van der Waals surface area contributed by atoms with Crippen LogP contribution in [-0.4, -0.2) is 35.6 Å². The van der Waals surface area contributed by atoms with Crippen LogP contribution in [0.5, 0.6) is 5.75 Å². The summed E-state index contributed by atoms with van der Waals surface area (Å²) < 4.78 is 34.4. The molecule has 10 heteroatoms. The van der Waals surface area contributed by atoms with Crippen LogP contribution in [0.25, 0.3) is 11.3 Å². The van der Waals surface area contributed by atoms with Crippen molar-refractivity contribution in [2.75, 3.05) is 24.3 Å². The Balaban J connectivity index is 1.97. The predicted molar refractivity (Wildman–Crippen MR) is 128 cm³/mol. The second-order valence-electron chi connectivity index (χ2n) is 8.16. The first-order valence-corrected chi connectivity index (χ1v) is 10.8. The maximum Gasteiger partial charge on any atom is 0.252 e. The number of aromatic nitrogens is 2. The number of rotatable bonds is 10. The monoisotopic (exact) mass is 470 g/mol. The molecule has 2 aromatic heterocycles. The van der Waals surface area contributed by atoms with E-state index in [-0.39, 0.29) is 41.1 Å². The van der Waals surface area contributed by atoms with Crippen molar-refractivity contribution in [3.8, 4) is 17.0 Å². The summed E-state index contributed by atoms with van der Waals surface area (Å²) in [5.74, 6) is -1.74. The highest BCUT2D eigenvalue weighted by atomic mass is 19.1. The van der Waals surface area contributed by atoms with Crippen LogP contribution in [0.15, 0.2) is 42.6 Å². The molecule has 180 valence electrons. The Bertz CT molecular complexity index is 1170. The molecule has 0 aliphatic rings. The van der Waals surface area contributed by atoms with Crippen LogP contribution in [0.4, 0.5) is 26.1 Å². The first kappa shape index (κ1) is 24.8. The molecule has 6 N–H and O–H groups in total. The minimum Gasteiger partial charge on any atom is -0.494 e. The zero-order chi connectivity index (χ0) is 24.8. The summed E-state index contributed by atoms with van der Waals surface area (Å²) in [6.45, 7) is 4.34. The second-order valence-corrected chi connectivity index (χ2v) is 8.16. The van der Waals surface area contributed by atoms with Gasteiger partial charge < -0.3 is 26.8 Å². The van der Waals surface area contributed by atoms with E-state index in [9.17, 15) is 13.6 Å². The molecule has 0 aliphatic carbocycles. The Morgan fingerprint density at radius 3 is 2.59 bits per heavy atom. The first-order chi connectivity index (χ1) is 16.2. The molecule has 0 saturated carbocycles. The third-order valence-electron chi connectivity index (χ3n) is 5.10. The van der Waals surface area contributed by atoms with E-state index in [2.05, 4.69) is 20.6 Å². The topological polar surface area (TPSA) is 128 Å². The fourth-order valence-electron chi connectivity index (χ4n) is 3.51. The van der Waals surface area contributed by atoms with E-state index in [1.165, 1.54) is 19.4 Å². The number of anilines is 3. The highest BCUT2D eigenvalue weighted by Crippen LogP contribution is 2.30. The molecule has 3 rings (SSSR count). The number of benzene rings is 1. The molecular formula is C24H28F2N6O2. The zero-order valence-electron chi connectivity index (χ0n) is 19.2. The zero-order valence-corrected chi connectivity index (χ0v) is 19.2. The third-order valence-corrected chi connectivity index (χ3v) is 5.10. The minimum absolute atomic E-state index is 0.0417. The van der Waals surface area contributed by atoms with Gasteiger partial charge in [-0.15, -0.1) is 0 Å². The summed E-state index contributed by atoms with van der Waals surface area (Å²) in [4.78, 5) is 20.4. The van der Waals surface area contributed by atoms with Crippen LogP contribution < -0.4 is 26.8 Å². The van der Waals surface area contributed by atoms with Gasteiger partial charge in [-0.3, -0.25) is 9.78 Å². The van der Waals surface area contributed by atoms with Crippen molar-refractivity contribution in [2.45, 2.75) is 26.3 Å². The van der Waals surface area contributed by atoms with Crippen LogP contribution in [0.3, 0.4) is 0 Å². The van der Waals surface area contributed by atoms with Gasteiger partial charge in [-0.05, 0) is 42.7 Å². The summed E-state index contributed by atoms with van der Waals surface area (Å²) in [5.41, 5.74) is 12.1. The molecular weight excluding hydrogens is 442 g/mol.